The highest BCUT2D eigenvalue weighted by molar-refractivity contribution is 6.26. The molecule has 0 aromatic heterocycles. The molecular weight excluding hydrogens is 172 g/mol. The summed E-state index contributed by atoms with van der Waals surface area (Å²) in [5.41, 5.74) is 3.57. The molecule has 0 N–H and O–H groups in total. The van der Waals surface area contributed by atoms with Crippen LogP contribution in [0.25, 0.3) is 5.57 Å². The number of allylic oxidation sites excluding steroid dienone is 1. The van der Waals surface area contributed by atoms with Crippen molar-refractivity contribution in [1.29, 1.82) is 0 Å². The minimum absolute atomic E-state index is 0.890. The molecule has 0 radical (unpaired) electrons. The van der Waals surface area contributed by atoms with Gasteiger partial charge in [0, 0.05) is 16.5 Å². The van der Waals surface area contributed by atoms with Gasteiger partial charge in [-0.2, -0.15) is 0 Å². The van der Waals surface area contributed by atoms with E-state index in [1.165, 1.54) is 16.4 Å². The van der Waals surface area contributed by atoms with Gasteiger partial charge in [0.05, 0.1) is 5.36 Å². The molecule has 3 rings (SSSR count). The number of rotatable bonds is 0. The lowest BCUT2D eigenvalue weighted by Gasteiger charge is -1.94. The van der Waals surface area contributed by atoms with E-state index in [2.05, 4.69) is 23.0 Å². The molecule has 2 heterocycles. The molecule has 2 aliphatic rings. The second-order valence-corrected chi connectivity index (χ2v) is 3.65. The summed E-state index contributed by atoms with van der Waals surface area (Å²) in [4.78, 5) is 8.92. The Labute approximate surface area is 82.0 Å². The van der Waals surface area contributed by atoms with Gasteiger partial charge in [-0.05, 0) is 25.5 Å². The summed E-state index contributed by atoms with van der Waals surface area (Å²) in [6.07, 6.45) is 0. The van der Waals surface area contributed by atoms with Crippen molar-refractivity contribution < 1.29 is 0 Å². The van der Waals surface area contributed by atoms with Crippen LogP contribution in [0.15, 0.2) is 45.5 Å². The third-order valence-electron chi connectivity index (χ3n) is 2.81. The molecule has 14 heavy (non-hydrogen) atoms. The predicted molar refractivity (Wildman–Crippen MR) is 56.4 cm³/mol. The molecule has 2 heteroatoms. The van der Waals surface area contributed by atoms with Gasteiger partial charge in [-0.15, -0.1) is 0 Å². The lowest BCUT2D eigenvalue weighted by Crippen LogP contribution is -2.22. The van der Waals surface area contributed by atoms with Crippen LogP contribution in [-0.4, -0.2) is 5.84 Å². The Morgan fingerprint density at radius 1 is 1.00 bits per heavy atom. The van der Waals surface area contributed by atoms with Gasteiger partial charge in [0.25, 0.3) is 0 Å². The molecule has 0 saturated heterocycles. The Balaban J connectivity index is 2.51. The molecule has 1 aromatic carbocycles. The Bertz CT molecular complexity index is 603. The number of benzene rings is 1. The second kappa shape index (κ2) is 2.41. The zero-order valence-corrected chi connectivity index (χ0v) is 8.20. The summed E-state index contributed by atoms with van der Waals surface area (Å²) < 4.78 is 0. The number of amidine groups is 1. The van der Waals surface area contributed by atoms with Crippen molar-refractivity contribution in [3.63, 3.8) is 0 Å². The fourth-order valence-electron chi connectivity index (χ4n) is 1.95. The van der Waals surface area contributed by atoms with Crippen molar-refractivity contribution in [2.45, 2.75) is 13.8 Å². The van der Waals surface area contributed by atoms with Crippen LogP contribution in [0, 0.1) is 0 Å². The van der Waals surface area contributed by atoms with E-state index in [4.69, 9.17) is 0 Å². The highest BCUT2D eigenvalue weighted by Crippen LogP contribution is 2.25. The lowest BCUT2D eigenvalue weighted by molar-refractivity contribution is 1.26. The molecule has 68 valence electrons. The summed E-state index contributed by atoms with van der Waals surface area (Å²) in [5.74, 6) is 0.890. The SMILES string of the molecule is CC1=C(C)C2=c3ccccc3=NC2=N1. The van der Waals surface area contributed by atoms with Gasteiger partial charge in [-0.25, -0.2) is 9.98 Å². The van der Waals surface area contributed by atoms with Crippen molar-refractivity contribution in [3.8, 4) is 0 Å². The number of aliphatic imine (C=N–C) groups is 1. The number of fused-ring (bicyclic) bond motifs is 2. The summed E-state index contributed by atoms with van der Waals surface area (Å²) >= 11 is 0. The van der Waals surface area contributed by atoms with Crippen LogP contribution in [0.4, 0.5) is 0 Å². The quantitative estimate of drug-likeness (QED) is 0.575. The van der Waals surface area contributed by atoms with Gasteiger partial charge in [0.15, 0.2) is 5.84 Å². The van der Waals surface area contributed by atoms with Gasteiger partial charge in [-0.1, -0.05) is 18.2 Å². The second-order valence-electron chi connectivity index (χ2n) is 3.65. The summed E-state index contributed by atoms with van der Waals surface area (Å²) in [6, 6.07) is 8.20. The van der Waals surface area contributed by atoms with Crippen molar-refractivity contribution >= 4 is 11.4 Å². The third kappa shape index (κ3) is 0.803. The van der Waals surface area contributed by atoms with Crippen molar-refractivity contribution in [3.05, 3.63) is 46.1 Å². The predicted octanol–water partition coefficient (Wildman–Crippen LogP) is 1.18. The number of hydrogen-bond donors (Lipinski definition) is 0. The van der Waals surface area contributed by atoms with Crippen LogP contribution in [0.3, 0.4) is 0 Å². The maximum Gasteiger partial charge on any atom is 0.161 e. The Morgan fingerprint density at radius 2 is 1.79 bits per heavy atom. The van der Waals surface area contributed by atoms with Gasteiger partial charge in [-0.3, -0.25) is 0 Å². The van der Waals surface area contributed by atoms with Crippen LogP contribution in [-0.2, 0) is 0 Å². The topological polar surface area (TPSA) is 24.7 Å². The minimum Gasteiger partial charge on any atom is -0.233 e. The number of hydrogen-bond acceptors (Lipinski definition) is 2. The van der Waals surface area contributed by atoms with Crippen LogP contribution >= 0.6 is 0 Å². The van der Waals surface area contributed by atoms with Gasteiger partial charge in [0.1, 0.15) is 0 Å². The fraction of sp³-hybridized carbons (Fsp3) is 0.167. The normalized spacial score (nSPS) is 17.9. The first kappa shape index (κ1) is 7.68. The Morgan fingerprint density at radius 3 is 2.64 bits per heavy atom. The average Bonchev–Trinajstić information content (AvgIpc) is 2.65. The largest absolute Gasteiger partial charge is 0.233 e. The standard InChI is InChI=1S/C12H10N2/c1-7-8(2)13-12-11(7)9-5-3-4-6-10(9)14-12/h3-6H,1-2H3. The van der Waals surface area contributed by atoms with Crippen LogP contribution in [0.5, 0.6) is 0 Å². The highest BCUT2D eigenvalue weighted by Gasteiger charge is 2.22. The summed E-state index contributed by atoms with van der Waals surface area (Å²) in [6.45, 7) is 4.14. The van der Waals surface area contributed by atoms with Gasteiger partial charge < -0.3 is 0 Å². The van der Waals surface area contributed by atoms with E-state index >= 15 is 0 Å². The molecule has 0 fully saturated rings. The summed E-state index contributed by atoms with van der Waals surface area (Å²) in [7, 11) is 0. The molecule has 0 amide bonds. The first-order valence-corrected chi connectivity index (χ1v) is 4.72. The Kier molecular flexibility index (Phi) is 1.32. The molecule has 0 spiro atoms. The molecule has 2 aliphatic heterocycles. The average molecular weight is 182 g/mol. The van der Waals surface area contributed by atoms with E-state index in [0.717, 1.165) is 16.9 Å². The Hall–Kier alpha value is -1.70. The molecule has 0 unspecified atom stereocenters. The van der Waals surface area contributed by atoms with Crippen molar-refractivity contribution in [2.24, 2.45) is 9.98 Å². The zero-order valence-electron chi connectivity index (χ0n) is 8.20. The fourth-order valence-corrected chi connectivity index (χ4v) is 1.95. The van der Waals surface area contributed by atoms with E-state index in [1.807, 2.05) is 25.1 Å². The van der Waals surface area contributed by atoms with Crippen LogP contribution < -0.4 is 10.6 Å². The van der Waals surface area contributed by atoms with Crippen molar-refractivity contribution in [2.75, 3.05) is 0 Å². The van der Waals surface area contributed by atoms with E-state index in [0.29, 0.717) is 0 Å². The zero-order chi connectivity index (χ0) is 9.71. The number of para-hydroxylation sites is 1. The molecule has 2 nitrogen and oxygen atoms in total. The summed E-state index contributed by atoms with van der Waals surface area (Å²) in [5, 5.41) is 2.27. The number of nitrogens with zero attached hydrogens (tertiary/aromatic N) is 2. The third-order valence-corrected chi connectivity index (χ3v) is 2.81. The minimum atomic E-state index is 0.890. The van der Waals surface area contributed by atoms with E-state index < -0.39 is 0 Å². The van der Waals surface area contributed by atoms with Crippen LogP contribution in [0.2, 0.25) is 0 Å². The molecular formula is C12H10N2. The molecule has 0 saturated carbocycles. The van der Waals surface area contributed by atoms with Gasteiger partial charge in [0.2, 0.25) is 0 Å². The van der Waals surface area contributed by atoms with Crippen LogP contribution in [0.1, 0.15) is 13.8 Å². The molecule has 1 aromatic rings. The maximum atomic E-state index is 4.49. The first-order chi connectivity index (χ1) is 6.77. The smallest absolute Gasteiger partial charge is 0.161 e. The molecule has 0 aliphatic carbocycles. The van der Waals surface area contributed by atoms with E-state index in [9.17, 15) is 0 Å². The molecule has 0 atom stereocenters. The maximum absolute atomic E-state index is 4.49. The van der Waals surface area contributed by atoms with E-state index in [-0.39, 0.29) is 0 Å². The first-order valence-electron chi connectivity index (χ1n) is 4.72. The van der Waals surface area contributed by atoms with E-state index in [1.54, 1.807) is 0 Å². The lowest BCUT2D eigenvalue weighted by atomic mass is 10.1. The molecule has 0 bridgehead atoms. The highest BCUT2D eigenvalue weighted by atomic mass is 15.0. The van der Waals surface area contributed by atoms with Gasteiger partial charge >= 0.3 is 0 Å². The van der Waals surface area contributed by atoms with Crippen molar-refractivity contribution in [1.82, 2.24) is 0 Å². The monoisotopic (exact) mass is 182 g/mol.